The van der Waals surface area contributed by atoms with E-state index in [4.69, 9.17) is 9.47 Å². The number of hydrogen-bond acceptors (Lipinski definition) is 6. The second-order valence-corrected chi connectivity index (χ2v) is 14.9. The molecule has 0 atom stereocenters. The molecule has 52 heavy (non-hydrogen) atoms. The van der Waals surface area contributed by atoms with E-state index in [0.29, 0.717) is 37.4 Å². The van der Waals surface area contributed by atoms with Gasteiger partial charge in [0.25, 0.3) is 11.8 Å². The summed E-state index contributed by atoms with van der Waals surface area (Å²) in [6, 6.07) is 32.3. The zero-order valence-electron chi connectivity index (χ0n) is 29.8. The summed E-state index contributed by atoms with van der Waals surface area (Å²) in [5.74, 6) is 1.31. The molecule has 4 aromatic carbocycles. The Morgan fingerprint density at radius 3 is 1.33 bits per heavy atom. The lowest BCUT2D eigenvalue weighted by Gasteiger charge is -2.39. The van der Waals surface area contributed by atoms with Gasteiger partial charge in [-0.15, -0.1) is 0 Å². The predicted molar refractivity (Wildman–Crippen MR) is 201 cm³/mol. The van der Waals surface area contributed by atoms with Crippen LogP contribution in [0.2, 0.25) is 0 Å². The Bertz CT molecular complexity index is 1690. The Kier molecular flexibility index (Phi) is 10.9. The first-order valence-corrected chi connectivity index (χ1v) is 18.9. The lowest BCUT2D eigenvalue weighted by atomic mass is 9.68. The third-order valence-electron chi connectivity index (χ3n) is 11.7. The van der Waals surface area contributed by atoms with Crippen molar-refractivity contribution in [2.75, 3.05) is 26.3 Å². The van der Waals surface area contributed by atoms with E-state index < -0.39 is 0 Å². The minimum Gasteiger partial charge on any atom is -0.492 e. The number of aliphatic hydroxyl groups excluding tert-OH is 2. The van der Waals surface area contributed by atoms with Gasteiger partial charge in [-0.3, -0.25) is 9.59 Å². The molecule has 0 bridgehead atoms. The summed E-state index contributed by atoms with van der Waals surface area (Å²) in [5.41, 5.74) is 5.71. The van der Waals surface area contributed by atoms with Gasteiger partial charge in [0.1, 0.15) is 11.5 Å². The first-order valence-electron chi connectivity index (χ1n) is 18.9. The van der Waals surface area contributed by atoms with Crippen molar-refractivity contribution in [3.63, 3.8) is 0 Å². The second kappa shape index (κ2) is 15.9. The van der Waals surface area contributed by atoms with E-state index in [1.807, 2.05) is 72.8 Å². The van der Waals surface area contributed by atoms with Gasteiger partial charge >= 0.3 is 0 Å². The molecule has 0 aromatic heterocycles. The number of aliphatic hydroxyl groups is 2. The van der Waals surface area contributed by atoms with E-state index in [2.05, 4.69) is 34.9 Å². The van der Waals surface area contributed by atoms with Crippen molar-refractivity contribution in [1.29, 1.82) is 0 Å². The molecule has 8 heteroatoms. The number of nitrogens with one attached hydrogen (secondary N) is 2. The summed E-state index contributed by atoms with van der Waals surface area (Å²) in [4.78, 5) is 25.7. The number of hydrogen-bond donors (Lipinski definition) is 4. The molecule has 2 heterocycles. The van der Waals surface area contributed by atoms with Gasteiger partial charge in [0.15, 0.2) is 0 Å². The van der Waals surface area contributed by atoms with Gasteiger partial charge in [0, 0.05) is 36.8 Å². The minimum absolute atomic E-state index is 0.0785. The van der Waals surface area contributed by atoms with Gasteiger partial charge < -0.3 is 30.3 Å². The van der Waals surface area contributed by atoms with Crippen LogP contribution in [0.5, 0.6) is 11.5 Å². The fraction of sp³-hybridized carbons (Fsp3) is 0.409. The summed E-state index contributed by atoms with van der Waals surface area (Å²) >= 11 is 0. The number of fused-ring (bicyclic) bond motifs is 2. The molecule has 4 aromatic rings. The third kappa shape index (κ3) is 7.74. The summed E-state index contributed by atoms with van der Waals surface area (Å²) in [6.45, 7) is 2.44. The Labute approximate surface area is 306 Å². The van der Waals surface area contributed by atoms with Crippen LogP contribution in [0.3, 0.4) is 0 Å². The Balaban J connectivity index is 0.000000162. The van der Waals surface area contributed by atoms with Crippen molar-refractivity contribution in [2.24, 2.45) is 0 Å². The van der Waals surface area contributed by atoms with Crippen molar-refractivity contribution in [1.82, 2.24) is 10.6 Å². The van der Waals surface area contributed by atoms with Crippen LogP contribution in [0.15, 0.2) is 97.1 Å². The summed E-state index contributed by atoms with van der Waals surface area (Å²) in [5, 5.41) is 26.2. The number of benzene rings is 4. The highest BCUT2D eigenvalue weighted by Gasteiger charge is 2.38. The van der Waals surface area contributed by atoms with Gasteiger partial charge in [-0.05, 0) is 85.8 Å². The van der Waals surface area contributed by atoms with Gasteiger partial charge in [0.05, 0.1) is 36.5 Å². The first-order chi connectivity index (χ1) is 25.4. The molecule has 0 spiro atoms. The number of rotatable bonds is 8. The van der Waals surface area contributed by atoms with Crippen molar-refractivity contribution < 1.29 is 29.3 Å². The smallest absolute Gasteiger partial charge is 0.255 e. The van der Waals surface area contributed by atoms with E-state index >= 15 is 0 Å². The molecule has 8 nitrogen and oxygen atoms in total. The summed E-state index contributed by atoms with van der Waals surface area (Å²) in [7, 11) is 0. The van der Waals surface area contributed by atoms with Crippen molar-refractivity contribution >= 4 is 11.8 Å². The van der Waals surface area contributed by atoms with Gasteiger partial charge in [-0.25, -0.2) is 0 Å². The highest BCUT2D eigenvalue weighted by molar-refractivity contribution is 5.98. The lowest BCUT2D eigenvalue weighted by molar-refractivity contribution is 0.0841. The number of ether oxygens (including phenoxy) is 2. The zero-order valence-corrected chi connectivity index (χ0v) is 29.8. The highest BCUT2D eigenvalue weighted by atomic mass is 16.5. The van der Waals surface area contributed by atoms with Crippen LogP contribution in [-0.4, -0.2) is 60.5 Å². The van der Waals surface area contributed by atoms with Crippen molar-refractivity contribution in [2.45, 2.75) is 87.2 Å². The SMILES string of the molecule is O=C(NCC1(c2ccccc2)CCC(O)CC1)c1cccc2c1OCC2.O=C(NCC1(c2ccccc2)CCC(O)CC1)c1cccc2c1OCC2. The quantitative estimate of drug-likeness (QED) is 0.168. The van der Waals surface area contributed by atoms with Crippen molar-refractivity contribution in [3.05, 3.63) is 130 Å². The fourth-order valence-corrected chi connectivity index (χ4v) is 8.51. The van der Waals surface area contributed by atoms with Crippen LogP contribution in [0, 0.1) is 0 Å². The molecule has 2 aliphatic heterocycles. The average Bonchev–Trinajstić information content (AvgIpc) is 3.89. The summed E-state index contributed by atoms with van der Waals surface area (Å²) in [6.07, 6.45) is 7.87. The van der Waals surface area contributed by atoms with E-state index in [-0.39, 0.29) is 34.9 Å². The molecule has 2 fully saturated rings. The maximum Gasteiger partial charge on any atom is 0.255 e. The van der Waals surface area contributed by atoms with Gasteiger partial charge in [-0.1, -0.05) is 84.9 Å². The average molecular weight is 703 g/mol. The predicted octanol–water partition coefficient (Wildman–Crippen LogP) is 6.45. The molecular formula is C44H50N2O6. The molecule has 2 saturated carbocycles. The van der Waals surface area contributed by atoms with E-state index in [1.54, 1.807) is 0 Å². The van der Waals surface area contributed by atoms with Gasteiger partial charge in [-0.2, -0.15) is 0 Å². The molecule has 4 N–H and O–H groups in total. The highest BCUT2D eigenvalue weighted by Crippen LogP contribution is 2.41. The Morgan fingerprint density at radius 1 is 0.558 bits per heavy atom. The van der Waals surface area contributed by atoms with Crippen LogP contribution in [-0.2, 0) is 23.7 Å². The molecule has 0 saturated heterocycles. The van der Waals surface area contributed by atoms with Gasteiger partial charge in [0.2, 0.25) is 0 Å². The molecule has 4 aliphatic rings. The van der Waals surface area contributed by atoms with Crippen LogP contribution >= 0.6 is 0 Å². The molecule has 2 amide bonds. The Morgan fingerprint density at radius 2 is 0.942 bits per heavy atom. The van der Waals surface area contributed by atoms with Crippen LogP contribution in [0.4, 0.5) is 0 Å². The topological polar surface area (TPSA) is 117 Å². The largest absolute Gasteiger partial charge is 0.492 e. The maximum atomic E-state index is 12.8. The Hall–Kier alpha value is -4.66. The lowest BCUT2D eigenvalue weighted by Crippen LogP contribution is -2.44. The number of amides is 2. The molecule has 0 radical (unpaired) electrons. The van der Waals surface area contributed by atoms with E-state index in [9.17, 15) is 19.8 Å². The van der Waals surface area contributed by atoms with Crippen molar-refractivity contribution in [3.8, 4) is 11.5 Å². The van der Waals surface area contributed by atoms with Crippen LogP contribution in [0.1, 0.15) is 94.3 Å². The molecule has 0 unspecified atom stereocenters. The zero-order chi connectivity index (χ0) is 36.0. The second-order valence-electron chi connectivity index (χ2n) is 14.9. The number of carbonyl (C=O) groups excluding carboxylic acids is 2. The van der Waals surface area contributed by atoms with Crippen LogP contribution in [0.25, 0.3) is 0 Å². The number of para-hydroxylation sites is 2. The minimum atomic E-state index is -0.228. The summed E-state index contributed by atoms with van der Waals surface area (Å²) < 4.78 is 11.3. The van der Waals surface area contributed by atoms with Crippen LogP contribution < -0.4 is 20.1 Å². The number of carbonyl (C=O) groups is 2. The molecule has 8 rings (SSSR count). The molecule has 2 aliphatic carbocycles. The monoisotopic (exact) mass is 702 g/mol. The molecular weight excluding hydrogens is 652 g/mol. The molecule has 272 valence electrons. The van der Waals surface area contributed by atoms with E-state index in [1.165, 1.54) is 11.1 Å². The first kappa shape index (κ1) is 35.7. The van der Waals surface area contributed by atoms with E-state index in [0.717, 1.165) is 86.8 Å². The maximum absolute atomic E-state index is 12.8. The standard InChI is InChI=1S/2C22H25NO3/c2*24-18-9-12-22(13-10-18,17-6-2-1-3-7-17)15-23-21(25)19-8-4-5-16-11-14-26-20(16)19/h2*1-8,18,24H,9-15H2,(H,23,25). The normalized spacial score (nSPS) is 24.6. The fourth-order valence-electron chi connectivity index (χ4n) is 8.51. The third-order valence-corrected chi connectivity index (χ3v) is 11.7.